The predicted molar refractivity (Wildman–Crippen MR) is 104 cm³/mol. The third kappa shape index (κ3) is 5.12. The standard InChI is InChI=1S/C18H23BrN2O7/c1-27-15-10-12(17(22)20-8-5-6-13(20)18(23)24)14(21(25)26)11-16(15)28-9-4-2-3-7-19/h10-11,13H,2-9H2,1H3,(H,23,24)/t13-/m0/s1. The van der Waals surface area contributed by atoms with E-state index in [4.69, 9.17) is 9.47 Å². The SMILES string of the molecule is COc1cc(C(=O)N2CCC[C@H]2C(=O)O)c([N+](=O)[O-])cc1OCCCCCBr. The number of nitro benzene ring substituents is 1. The van der Waals surface area contributed by atoms with Gasteiger partial charge in [-0.15, -0.1) is 0 Å². The number of alkyl halides is 1. The second-order valence-corrected chi connectivity index (χ2v) is 7.16. The molecule has 1 amide bonds. The normalized spacial score (nSPS) is 16.1. The van der Waals surface area contributed by atoms with E-state index in [0.29, 0.717) is 19.4 Å². The lowest BCUT2D eigenvalue weighted by Crippen LogP contribution is -2.40. The number of nitro groups is 1. The van der Waals surface area contributed by atoms with Crippen LogP contribution in [-0.2, 0) is 4.79 Å². The van der Waals surface area contributed by atoms with Crippen molar-refractivity contribution >= 4 is 33.5 Å². The number of carbonyl (C=O) groups is 2. The van der Waals surface area contributed by atoms with Gasteiger partial charge in [-0.25, -0.2) is 4.79 Å². The zero-order chi connectivity index (χ0) is 20.7. The molecule has 0 spiro atoms. The number of likely N-dealkylation sites (tertiary alicyclic amines) is 1. The van der Waals surface area contributed by atoms with Gasteiger partial charge in [0.15, 0.2) is 11.5 Å². The molecule has 10 heteroatoms. The molecule has 28 heavy (non-hydrogen) atoms. The second kappa shape index (κ2) is 10.3. The number of carboxylic acids is 1. The van der Waals surface area contributed by atoms with Gasteiger partial charge in [-0.3, -0.25) is 14.9 Å². The molecule has 0 unspecified atom stereocenters. The first-order valence-corrected chi connectivity index (χ1v) is 10.1. The van der Waals surface area contributed by atoms with Gasteiger partial charge in [0, 0.05) is 17.9 Å². The number of methoxy groups -OCH3 is 1. The van der Waals surface area contributed by atoms with E-state index in [1.807, 2.05) is 0 Å². The number of aliphatic carboxylic acids is 1. The van der Waals surface area contributed by atoms with Crippen molar-refractivity contribution in [2.24, 2.45) is 0 Å². The predicted octanol–water partition coefficient (Wildman–Crippen LogP) is 3.24. The first-order chi connectivity index (χ1) is 13.4. The van der Waals surface area contributed by atoms with Crippen LogP contribution in [0, 0.1) is 10.1 Å². The molecule has 1 aliphatic heterocycles. The van der Waals surface area contributed by atoms with Crippen LogP contribution < -0.4 is 9.47 Å². The molecule has 1 N–H and O–H groups in total. The fourth-order valence-corrected chi connectivity index (χ4v) is 3.52. The quantitative estimate of drug-likeness (QED) is 0.247. The number of rotatable bonds is 10. The van der Waals surface area contributed by atoms with E-state index in [0.717, 1.165) is 29.5 Å². The van der Waals surface area contributed by atoms with Crippen molar-refractivity contribution in [1.82, 2.24) is 4.90 Å². The van der Waals surface area contributed by atoms with E-state index in [1.165, 1.54) is 19.2 Å². The van der Waals surface area contributed by atoms with E-state index in [2.05, 4.69) is 15.9 Å². The van der Waals surface area contributed by atoms with Gasteiger partial charge in [0.25, 0.3) is 11.6 Å². The zero-order valence-corrected chi connectivity index (χ0v) is 17.1. The number of benzene rings is 1. The Kier molecular flexibility index (Phi) is 8.04. The lowest BCUT2D eigenvalue weighted by molar-refractivity contribution is -0.385. The van der Waals surface area contributed by atoms with Crippen molar-refractivity contribution in [3.05, 3.63) is 27.8 Å². The molecule has 1 aliphatic rings. The van der Waals surface area contributed by atoms with Crippen molar-refractivity contribution in [2.75, 3.05) is 25.6 Å². The molecule has 1 atom stereocenters. The summed E-state index contributed by atoms with van der Waals surface area (Å²) < 4.78 is 10.9. The third-order valence-corrected chi connectivity index (χ3v) is 5.10. The van der Waals surface area contributed by atoms with Gasteiger partial charge in [0.05, 0.1) is 24.7 Å². The highest BCUT2D eigenvalue weighted by Crippen LogP contribution is 2.36. The van der Waals surface area contributed by atoms with Gasteiger partial charge < -0.3 is 19.5 Å². The zero-order valence-electron chi connectivity index (χ0n) is 15.6. The van der Waals surface area contributed by atoms with Crippen molar-refractivity contribution < 1.29 is 29.1 Å². The van der Waals surface area contributed by atoms with Crippen LogP contribution >= 0.6 is 15.9 Å². The number of carbonyl (C=O) groups excluding carboxylic acids is 1. The summed E-state index contributed by atoms with van der Waals surface area (Å²) in [4.78, 5) is 36.2. The third-order valence-electron chi connectivity index (χ3n) is 4.54. The van der Waals surface area contributed by atoms with Crippen LogP contribution in [0.3, 0.4) is 0 Å². The van der Waals surface area contributed by atoms with E-state index < -0.39 is 28.5 Å². The number of nitrogens with zero attached hydrogens (tertiary/aromatic N) is 2. The first-order valence-electron chi connectivity index (χ1n) is 8.99. The van der Waals surface area contributed by atoms with Crippen LogP contribution in [0.4, 0.5) is 5.69 Å². The molecule has 154 valence electrons. The summed E-state index contributed by atoms with van der Waals surface area (Å²) in [5.74, 6) is -1.44. The topological polar surface area (TPSA) is 119 Å². The Morgan fingerprint density at radius 2 is 2.07 bits per heavy atom. The summed E-state index contributed by atoms with van der Waals surface area (Å²) in [5.41, 5.74) is -0.640. The molecule has 1 fully saturated rings. The Hall–Kier alpha value is -2.36. The Bertz CT molecular complexity index is 741. The smallest absolute Gasteiger partial charge is 0.326 e. The number of halogens is 1. The van der Waals surface area contributed by atoms with Gasteiger partial charge in [-0.1, -0.05) is 15.9 Å². The Morgan fingerprint density at radius 3 is 2.68 bits per heavy atom. The molecule has 0 bridgehead atoms. The number of amides is 1. The minimum Gasteiger partial charge on any atom is -0.493 e. The minimum absolute atomic E-state index is 0.181. The summed E-state index contributed by atoms with van der Waals surface area (Å²) in [6.07, 6.45) is 3.56. The van der Waals surface area contributed by atoms with Crippen LogP contribution in [-0.4, -0.2) is 58.4 Å². The number of carboxylic acid groups (broad SMARTS) is 1. The summed E-state index contributed by atoms with van der Waals surface area (Å²) in [6.45, 7) is 0.599. The van der Waals surface area contributed by atoms with Crippen molar-refractivity contribution in [3.8, 4) is 11.5 Å². The molecule has 0 radical (unpaired) electrons. The van der Waals surface area contributed by atoms with Crippen LogP contribution in [0.1, 0.15) is 42.5 Å². The monoisotopic (exact) mass is 458 g/mol. The molecule has 1 aromatic carbocycles. The van der Waals surface area contributed by atoms with E-state index in [-0.39, 0.29) is 23.6 Å². The maximum Gasteiger partial charge on any atom is 0.326 e. The van der Waals surface area contributed by atoms with Gasteiger partial charge in [-0.2, -0.15) is 0 Å². The fourth-order valence-electron chi connectivity index (χ4n) is 3.12. The average molecular weight is 459 g/mol. The van der Waals surface area contributed by atoms with Gasteiger partial charge in [0.2, 0.25) is 0 Å². The molecular formula is C18H23BrN2O7. The van der Waals surface area contributed by atoms with Crippen molar-refractivity contribution in [3.63, 3.8) is 0 Å². The first kappa shape index (κ1) is 21.9. The van der Waals surface area contributed by atoms with E-state index in [1.54, 1.807) is 0 Å². The van der Waals surface area contributed by atoms with Gasteiger partial charge >= 0.3 is 5.97 Å². The molecule has 9 nitrogen and oxygen atoms in total. The molecule has 0 saturated carbocycles. The number of unbranched alkanes of at least 4 members (excludes halogenated alkanes) is 2. The molecule has 2 rings (SSSR count). The number of hydrogen-bond acceptors (Lipinski definition) is 6. The maximum absolute atomic E-state index is 12.9. The van der Waals surface area contributed by atoms with Gasteiger partial charge in [-0.05, 0) is 32.1 Å². The molecule has 1 heterocycles. The fraction of sp³-hybridized carbons (Fsp3) is 0.556. The molecule has 0 aliphatic carbocycles. The Balaban J connectivity index is 2.30. The summed E-state index contributed by atoms with van der Waals surface area (Å²) in [5, 5.41) is 21.7. The minimum atomic E-state index is -1.12. The highest BCUT2D eigenvalue weighted by molar-refractivity contribution is 9.09. The molecule has 0 aromatic heterocycles. The lowest BCUT2D eigenvalue weighted by atomic mass is 10.1. The van der Waals surface area contributed by atoms with Gasteiger partial charge in [0.1, 0.15) is 11.6 Å². The van der Waals surface area contributed by atoms with E-state index in [9.17, 15) is 24.8 Å². The number of hydrogen-bond donors (Lipinski definition) is 1. The highest BCUT2D eigenvalue weighted by atomic mass is 79.9. The number of ether oxygens (including phenoxy) is 2. The second-order valence-electron chi connectivity index (χ2n) is 6.37. The van der Waals surface area contributed by atoms with E-state index >= 15 is 0 Å². The Labute approximate surface area is 170 Å². The summed E-state index contributed by atoms with van der Waals surface area (Å²) in [7, 11) is 1.38. The highest BCUT2D eigenvalue weighted by Gasteiger charge is 2.37. The Morgan fingerprint density at radius 1 is 1.32 bits per heavy atom. The average Bonchev–Trinajstić information content (AvgIpc) is 3.16. The molecule has 1 saturated heterocycles. The molecular weight excluding hydrogens is 436 g/mol. The van der Waals surface area contributed by atoms with Crippen molar-refractivity contribution in [2.45, 2.75) is 38.1 Å². The lowest BCUT2D eigenvalue weighted by Gasteiger charge is -2.22. The summed E-state index contributed by atoms with van der Waals surface area (Å²) >= 11 is 3.35. The maximum atomic E-state index is 12.9. The molecule has 1 aromatic rings. The van der Waals surface area contributed by atoms with Crippen LogP contribution in [0.2, 0.25) is 0 Å². The van der Waals surface area contributed by atoms with Crippen molar-refractivity contribution in [1.29, 1.82) is 0 Å². The van der Waals surface area contributed by atoms with Crippen LogP contribution in [0.25, 0.3) is 0 Å². The largest absolute Gasteiger partial charge is 0.493 e. The van der Waals surface area contributed by atoms with Crippen LogP contribution in [0.15, 0.2) is 12.1 Å². The van der Waals surface area contributed by atoms with Crippen LogP contribution in [0.5, 0.6) is 11.5 Å². The summed E-state index contributed by atoms with van der Waals surface area (Å²) in [6, 6.07) is 1.44.